The summed E-state index contributed by atoms with van der Waals surface area (Å²) in [5, 5.41) is 0.186. The van der Waals surface area contributed by atoms with E-state index in [4.69, 9.17) is 16.3 Å². The Bertz CT molecular complexity index is 722. The van der Waals surface area contributed by atoms with Crippen LogP contribution < -0.4 is 4.74 Å². The Morgan fingerprint density at radius 1 is 0.857 bits per heavy atom. The van der Waals surface area contributed by atoms with Gasteiger partial charge in [-0.2, -0.15) is 4.98 Å². The molecule has 0 bridgehead atoms. The van der Waals surface area contributed by atoms with Gasteiger partial charge in [0.2, 0.25) is 11.2 Å². The van der Waals surface area contributed by atoms with Gasteiger partial charge in [-0.3, -0.25) is 0 Å². The van der Waals surface area contributed by atoms with Crippen molar-refractivity contribution in [2.45, 2.75) is 6.92 Å². The Kier molecular flexibility index (Phi) is 3.84. The maximum absolute atomic E-state index is 5.82. The molecule has 21 heavy (non-hydrogen) atoms. The molecule has 3 aromatic rings. The van der Waals surface area contributed by atoms with Crippen LogP contribution in [0.15, 0.2) is 60.7 Å². The predicted molar refractivity (Wildman–Crippen MR) is 83.7 cm³/mol. The molecule has 2 aromatic carbocycles. The van der Waals surface area contributed by atoms with Crippen LogP contribution in [0.3, 0.4) is 0 Å². The van der Waals surface area contributed by atoms with Crippen molar-refractivity contribution >= 4 is 11.6 Å². The Balaban J connectivity index is 1.81. The zero-order valence-corrected chi connectivity index (χ0v) is 12.2. The van der Waals surface area contributed by atoms with Crippen LogP contribution in [-0.4, -0.2) is 9.97 Å². The van der Waals surface area contributed by atoms with E-state index < -0.39 is 0 Å². The molecule has 0 atom stereocenters. The number of aromatic nitrogens is 2. The molecule has 1 heterocycles. The molecule has 0 unspecified atom stereocenters. The summed E-state index contributed by atoms with van der Waals surface area (Å²) < 4.78 is 5.70. The molecule has 1 aromatic heterocycles. The van der Waals surface area contributed by atoms with Gasteiger partial charge in [0.15, 0.2) is 0 Å². The lowest BCUT2D eigenvalue weighted by Crippen LogP contribution is -1.92. The van der Waals surface area contributed by atoms with Crippen molar-refractivity contribution in [1.29, 1.82) is 0 Å². The highest BCUT2D eigenvalue weighted by molar-refractivity contribution is 6.28. The zero-order valence-electron chi connectivity index (χ0n) is 11.5. The fourth-order valence-corrected chi connectivity index (χ4v) is 2.24. The fraction of sp³-hybridized carbons (Fsp3) is 0.0588. The molecular formula is C17H13ClN2O. The van der Waals surface area contributed by atoms with Crippen molar-refractivity contribution in [3.05, 3.63) is 71.6 Å². The summed E-state index contributed by atoms with van der Waals surface area (Å²) in [6, 6.07) is 19.8. The molecule has 0 fully saturated rings. The monoisotopic (exact) mass is 296 g/mol. The normalized spacial score (nSPS) is 10.4. The number of aryl methyl sites for hydroxylation is 1. The molecule has 0 radical (unpaired) electrons. The average molecular weight is 297 g/mol. The van der Waals surface area contributed by atoms with Crippen molar-refractivity contribution in [3.8, 4) is 22.8 Å². The molecule has 0 saturated heterocycles. The van der Waals surface area contributed by atoms with Crippen molar-refractivity contribution < 1.29 is 4.74 Å². The molecular weight excluding hydrogens is 284 g/mol. The van der Waals surface area contributed by atoms with Gasteiger partial charge in [0.1, 0.15) is 5.75 Å². The van der Waals surface area contributed by atoms with Gasteiger partial charge in [-0.25, -0.2) is 4.98 Å². The van der Waals surface area contributed by atoms with Crippen molar-refractivity contribution in [3.63, 3.8) is 0 Å². The molecule has 0 aliphatic carbocycles. The minimum absolute atomic E-state index is 0.186. The Labute approximate surface area is 128 Å². The second-order valence-corrected chi connectivity index (χ2v) is 4.95. The number of nitrogens with zero attached hydrogens (tertiary/aromatic N) is 2. The van der Waals surface area contributed by atoms with E-state index in [1.54, 1.807) is 6.07 Å². The van der Waals surface area contributed by atoms with Crippen LogP contribution in [0.1, 0.15) is 5.69 Å². The minimum Gasteiger partial charge on any atom is -0.439 e. The zero-order chi connectivity index (χ0) is 14.7. The number of rotatable bonds is 3. The first-order valence-electron chi connectivity index (χ1n) is 6.55. The Morgan fingerprint density at radius 2 is 1.52 bits per heavy atom. The molecule has 104 valence electrons. The highest BCUT2D eigenvalue weighted by atomic mass is 35.5. The predicted octanol–water partition coefficient (Wildman–Crippen LogP) is 4.90. The first kappa shape index (κ1) is 13.6. The molecule has 3 nitrogen and oxygen atoms in total. The van der Waals surface area contributed by atoms with E-state index in [1.165, 1.54) is 5.56 Å². The fourth-order valence-electron chi connectivity index (χ4n) is 2.02. The van der Waals surface area contributed by atoms with E-state index >= 15 is 0 Å². The summed E-state index contributed by atoms with van der Waals surface area (Å²) in [4.78, 5) is 8.05. The summed E-state index contributed by atoms with van der Waals surface area (Å²) in [6.45, 7) is 1.85. The molecule has 3 rings (SSSR count). The van der Waals surface area contributed by atoms with E-state index in [-0.39, 0.29) is 5.28 Å². The number of hydrogen-bond acceptors (Lipinski definition) is 3. The van der Waals surface area contributed by atoms with E-state index in [2.05, 4.69) is 22.1 Å². The molecule has 0 aliphatic rings. The third-order valence-corrected chi connectivity index (χ3v) is 3.16. The summed E-state index contributed by atoms with van der Waals surface area (Å²) >= 11 is 5.82. The first-order chi connectivity index (χ1) is 10.2. The quantitative estimate of drug-likeness (QED) is 0.645. The third kappa shape index (κ3) is 3.38. The highest BCUT2D eigenvalue weighted by Crippen LogP contribution is 2.25. The van der Waals surface area contributed by atoms with Gasteiger partial charge in [-0.15, -0.1) is 0 Å². The second kappa shape index (κ2) is 5.94. The van der Waals surface area contributed by atoms with Crippen LogP contribution in [0.4, 0.5) is 0 Å². The van der Waals surface area contributed by atoms with Crippen LogP contribution in [0.5, 0.6) is 11.6 Å². The van der Waals surface area contributed by atoms with Gasteiger partial charge in [-0.05, 0) is 41.8 Å². The lowest BCUT2D eigenvalue weighted by molar-refractivity contribution is 0.461. The summed E-state index contributed by atoms with van der Waals surface area (Å²) in [7, 11) is 0. The van der Waals surface area contributed by atoms with Gasteiger partial charge >= 0.3 is 0 Å². The number of ether oxygens (including phenoxy) is 1. The Morgan fingerprint density at radius 3 is 2.19 bits per heavy atom. The minimum atomic E-state index is 0.186. The number of benzene rings is 2. The van der Waals surface area contributed by atoms with Crippen LogP contribution in [0, 0.1) is 6.92 Å². The maximum atomic E-state index is 5.82. The first-order valence-corrected chi connectivity index (χ1v) is 6.93. The lowest BCUT2D eigenvalue weighted by Gasteiger charge is -2.07. The van der Waals surface area contributed by atoms with Crippen molar-refractivity contribution in [2.75, 3.05) is 0 Å². The number of hydrogen-bond donors (Lipinski definition) is 0. The Hall–Kier alpha value is -2.39. The van der Waals surface area contributed by atoms with E-state index in [1.807, 2.05) is 49.4 Å². The largest absolute Gasteiger partial charge is 0.439 e. The number of halogens is 1. The summed E-state index contributed by atoms with van der Waals surface area (Å²) in [5.41, 5.74) is 3.08. The SMILES string of the molecule is Cc1cc(Oc2ccc(-c3ccccc3)cc2)nc(Cl)n1. The van der Waals surface area contributed by atoms with E-state index in [0.29, 0.717) is 11.6 Å². The second-order valence-electron chi connectivity index (χ2n) is 4.61. The van der Waals surface area contributed by atoms with Crippen LogP contribution in [0.2, 0.25) is 5.28 Å². The van der Waals surface area contributed by atoms with Gasteiger partial charge in [0.05, 0.1) is 0 Å². The van der Waals surface area contributed by atoms with Crippen LogP contribution in [0.25, 0.3) is 11.1 Å². The van der Waals surface area contributed by atoms with Crippen LogP contribution in [-0.2, 0) is 0 Å². The molecule has 4 heteroatoms. The average Bonchev–Trinajstić information content (AvgIpc) is 2.48. The van der Waals surface area contributed by atoms with Crippen molar-refractivity contribution in [1.82, 2.24) is 9.97 Å². The highest BCUT2D eigenvalue weighted by Gasteiger charge is 2.03. The van der Waals surface area contributed by atoms with Crippen molar-refractivity contribution in [2.24, 2.45) is 0 Å². The maximum Gasteiger partial charge on any atom is 0.225 e. The molecule has 0 saturated carbocycles. The molecule has 0 amide bonds. The summed E-state index contributed by atoms with van der Waals surface area (Å²) in [5.74, 6) is 1.16. The van der Waals surface area contributed by atoms with Gasteiger partial charge in [0, 0.05) is 11.8 Å². The lowest BCUT2D eigenvalue weighted by atomic mass is 10.1. The topological polar surface area (TPSA) is 35.0 Å². The third-order valence-electron chi connectivity index (χ3n) is 2.99. The van der Waals surface area contributed by atoms with Gasteiger partial charge < -0.3 is 4.74 Å². The van der Waals surface area contributed by atoms with Gasteiger partial charge in [0.25, 0.3) is 0 Å². The van der Waals surface area contributed by atoms with Gasteiger partial charge in [-0.1, -0.05) is 42.5 Å². The van der Waals surface area contributed by atoms with E-state index in [9.17, 15) is 0 Å². The van der Waals surface area contributed by atoms with E-state index in [0.717, 1.165) is 11.3 Å². The molecule has 0 aliphatic heterocycles. The molecule has 0 spiro atoms. The standard InChI is InChI=1S/C17H13ClN2O/c1-12-11-16(20-17(18)19-12)21-15-9-7-14(8-10-15)13-5-3-2-4-6-13/h2-11H,1H3. The summed E-state index contributed by atoms with van der Waals surface area (Å²) in [6.07, 6.45) is 0. The molecule has 0 N–H and O–H groups in total. The van der Waals surface area contributed by atoms with Crippen LogP contribution >= 0.6 is 11.6 Å². The smallest absolute Gasteiger partial charge is 0.225 e.